The molecule has 4 heteroatoms. The molecule has 0 aliphatic heterocycles. The molecule has 0 heterocycles. The Morgan fingerprint density at radius 1 is 1.47 bits per heavy atom. The molecule has 4 nitrogen and oxygen atoms in total. The van der Waals surface area contributed by atoms with Crippen LogP contribution in [0.3, 0.4) is 0 Å². The SMILES string of the molecule is CNC(=O)CCCOc1c(C)cccc1C=O. The van der Waals surface area contributed by atoms with Crippen molar-refractivity contribution in [2.75, 3.05) is 13.7 Å². The van der Waals surface area contributed by atoms with E-state index in [4.69, 9.17) is 4.74 Å². The molecule has 1 aromatic carbocycles. The number of para-hydroxylation sites is 1. The van der Waals surface area contributed by atoms with Crippen LogP contribution in [0.1, 0.15) is 28.8 Å². The van der Waals surface area contributed by atoms with E-state index >= 15 is 0 Å². The Labute approximate surface area is 101 Å². The third-order valence-electron chi connectivity index (χ3n) is 2.44. The van der Waals surface area contributed by atoms with Gasteiger partial charge in [0.05, 0.1) is 12.2 Å². The molecular weight excluding hydrogens is 218 g/mol. The van der Waals surface area contributed by atoms with E-state index < -0.39 is 0 Å². The first kappa shape index (κ1) is 13.2. The highest BCUT2D eigenvalue weighted by atomic mass is 16.5. The molecule has 1 N–H and O–H groups in total. The lowest BCUT2D eigenvalue weighted by molar-refractivity contribution is -0.120. The number of aldehydes is 1. The van der Waals surface area contributed by atoms with Crippen LogP contribution in [0.15, 0.2) is 18.2 Å². The summed E-state index contributed by atoms with van der Waals surface area (Å²) in [4.78, 5) is 21.8. The third kappa shape index (κ3) is 3.90. The van der Waals surface area contributed by atoms with Crippen molar-refractivity contribution in [3.63, 3.8) is 0 Å². The van der Waals surface area contributed by atoms with E-state index in [0.29, 0.717) is 30.8 Å². The number of hydrogen-bond donors (Lipinski definition) is 1. The zero-order valence-corrected chi connectivity index (χ0v) is 10.2. The van der Waals surface area contributed by atoms with Crippen LogP contribution in [-0.2, 0) is 4.79 Å². The molecule has 0 saturated heterocycles. The van der Waals surface area contributed by atoms with Crippen molar-refractivity contribution < 1.29 is 14.3 Å². The molecule has 0 fully saturated rings. The Hall–Kier alpha value is -1.84. The van der Waals surface area contributed by atoms with Crippen LogP contribution in [0.25, 0.3) is 0 Å². The predicted molar refractivity (Wildman–Crippen MR) is 65.4 cm³/mol. The molecule has 0 saturated carbocycles. The van der Waals surface area contributed by atoms with E-state index in [1.807, 2.05) is 19.1 Å². The number of carbonyl (C=O) groups is 2. The van der Waals surface area contributed by atoms with Crippen molar-refractivity contribution >= 4 is 12.2 Å². The summed E-state index contributed by atoms with van der Waals surface area (Å²) in [5, 5.41) is 2.55. The first-order chi connectivity index (χ1) is 8.19. The van der Waals surface area contributed by atoms with Crippen molar-refractivity contribution in [3.05, 3.63) is 29.3 Å². The maximum absolute atomic E-state index is 11.0. The third-order valence-corrected chi connectivity index (χ3v) is 2.44. The van der Waals surface area contributed by atoms with Crippen LogP contribution >= 0.6 is 0 Å². The highest BCUT2D eigenvalue weighted by Gasteiger charge is 2.06. The van der Waals surface area contributed by atoms with Gasteiger partial charge in [-0.2, -0.15) is 0 Å². The monoisotopic (exact) mass is 235 g/mol. The van der Waals surface area contributed by atoms with Crippen LogP contribution < -0.4 is 10.1 Å². The zero-order valence-electron chi connectivity index (χ0n) is 10.2. The summed E-state index contributed by atoms with van der Waals surface area (Å²) in [6, 6.07) is 5.42. The molecule has 0 aliphatic carbocycles. The Balaban J connectivity index is 2.51. The molecule has 17 heavy (non-hydrogen) atoms. The van der Waals surface area contributed by atoms with Gasteiger partial charge in [0, 0.05) is 13.5 Å². The fourth-order valence-corrected chi connectivity index (χ4v) is 1.50. The van der Waals surface area contributed by atoms with Gasteiger partial charge in [0.25, 0.3) is 0 Å². The fourth-order valence-electron chi connectivity index (χ4n) is 1.50. The lowest BCUT2D eigenvalue weighted by Crippen LogP contribution is -2.18. The average molecular weight is 235 g/mol. The molecule has 0 spiro atoms. The first-order valence-electron chi connectivity index (χ1n) is 5.57. The number of aryl methyl sites for hydroxylation is 1. The smallest absolute Gasteiger partial charge is 0.219 e. The molecule has 0 aliphatic rings. The Kier molecular flexibility index (Phi) is 5.20. The highest BCUT2D eigenvalue weighted by molar-refractivity contribution is 5.80. The quantitative estimate of drug-likeness (QED) is 0.603. The van der Waals surface area contributed by atoms with Gasteiger partial charge in [-0.15, -0.1) is 0 Å². The fraction of sp³-hybridized carbons (Fsp3) is 0.385. The van der Waals surface area contributed by atoms with Crippen LogP contribution in [0.2, 0.25) is 0 Å². The van der Waals surface area contributed by atoms with Crippen LogP contribution in [-0.4, -0.2) is 25.8 Å². The van der Waals surface area contributed by atoms with Gasteiger partial charge in [0.2, 0.25) is 5.91 Å². The Bertz CT molecular complexity index is 402. The van der Waals surface area contributed by atoms with Crippen molar-refractivity contribution in [2.24, 2.45) is 0 Å². The van der Waals surface area contributed by atoms with E-state index in [1.54, 1.807) is 13.1 Å². The number of hydrogen-bond acceptors (Lipinski definition) is 3. The first-order valence-corrected chi connectivity index (χ1v) is 5.57. The van der Waals surface area contributed by atoms with Gasteiger partial charge in [-0.1, -0.05) is 12.1 Å². The Morgan fingerprint density at radius 2 is 2.24 bits per heavy atom. The molecule has 0 aromatic heterocycles. The second-order valence-corrected chi connectivity index (χ2v) is 3.74. The molecule has 0 atom stereocenters. The van der Waals surface area contributed by atoms with Gasteiger partial charge in [-0.3, -0.25) is 9.59 Å². The minimum atomic E-state index is -0.00556. The van der Waals surface area contributed by atoms with Crippen molar-refractivity contribution in [1.82, 2.24) is 5.32 Å². The molecule has 1 rings (SSSR count). The van der Waals surface area contributed by atoms with Crippen molar-refractivity contribution in [1.29, 1.82) is 0 Å². The van der Waals surface area contributed by atoms with E-state index in [1.165, 1.54) is 0 Å². The average Bonchev–Trinajstić information content (AvgIpc) is 2.35. The summed E-state index contributed by atoms with van der Waals surface area (Å²) in [7, 11) is 1.61. The van der Waals surface area contributed by atoms with Gasteiger partial charge in [0.1, 0.15) is 5.75 Å². The zero-order chi connectivity index (χ0) is 12.7. The predicted octanol–water partition coefficient (Wildman–Crippen LogP) is 1.71. The van der Waals surface area contributed by atoms with E-state index in [0.717, 1.165) is 11.8 Å². The molecule has 0 unspecified atom stereocenters. The van der Waals surface area contributed by atoms with Crippen LogP contribution in [0, 0.1) is 6.92 Å². The summed E-state index contributed by atoms with van der Waals surface area (Å²) in [5.74, 6) is 0.605. The largest absolute Gasteiger partial charge is 0.493 e. The molecule has 1 aromatic rings. The second kappa shape index (κ2) is 6.68. The number of ether oxygens (including phenoxy) is 1. The second-order valence-electron chi connectivity index (χ2n) is 3.74. The lowest BCUT2D eigenvalue weighted by atomic mass is 10.1. The van der Waals surface area contributed by atoms with Gasteiger partial charge in [-0.25, -0.2) is 0 Å². The van der Waals surface area contributed by atoms with Gasteiger partial charge < -0.3 is 10.1 Å². The number of amides is 1. The lowest BCUT2D eigenvalue weighted by Gasteiger charge is -2.10. The van der Waals surface area contributed by atoms with E-state index in [9.17, 15) is 9.59 Å². The van der Waals surface area contributed by atoms with Crippen LogP contribution in [0.5, 0.6) is 5.75 Å². The van der Waals surface area contributed by atoms with Gasteiger partial charge in [-0.05, 0) is 25.0 Å². The number of benzene rings is 1. The summed E-state index contributed by atoms with van der Waals surface area (Å²) >= 11 is 0. The molecular formula is C13H17NO3. The molecule has 0 radical (unpaired) electrons. The minimum absolute atomic E-state index is 0.00556. The maximum Gasteiger partial charge on any atom is 0.219 e. The summed E-state index contributed by atoms with van der Waals surface area (Å²) in [6.45, 7) is 2.32. The van der Waals surface area contributed by atoms with E-state index in [2.05, 4.69) is 5.32 Å². The van der Waals surface area contributed by atoms with E-state index in [-0.39, 0.29) is 5.91 Å². The standard InChI is InChI=1S/C13H17NO3/c1-10-5-3-6-11(9-15)13(10)17-8-4-7-12(16)14-2/h3,5-6,9H,4,7-8H2,1-2H3,(H,14,16). The number of carbonyl (C=O) groups excluding carboxylic acids is 2. The highest BCUT2D eigenvalue weighted by Crippen LogP contribution is 2.21. The normalized spacial score (nSPS) is 9.76. The number of nitrogens with one attached hydrogen (secondary N) is 1. The van der Waals surface area contributed by atoms with Crippen LogP contribution in [0.4, 0.5) is 0 Å². The van der Waals surface area contributed by atoms with Gasteiger partial charge >= 0.3 is 0 Å². The van der Waals surface area contributed by atoms with Gasteiger partial charge in [0.15, 0.2) is 6.29 Å². The number of rotatable bonds is 6. The summed E-state index contributed by atoms with van der Waals surface area (Å²) < 4.78 is 5.54. The van der Waals surface area contributed by atoms with Crippen molar-refractivity contribution in [3.8, 4) is 5.75 Å². The van der Waals surface area contributed by atoms with Crippen molar-refractivity contribution in [2.45, 2.75) is 19.8 Å². The minimum Gasteiger partial charge on any atom is -0.493 e. The molecule has 0 bridgehead atoms. The maximum atomic E-state index is 11.0. The summed E-state index contributed by atoms with van der Waals surface area (Å²) in [6.07, 6.45) is 1.84. The Morgan fingerprint density at radius 3 is 2.88 bits per heavy atom. The topological polar surface area (TPSA) is 55.4 Å². The summed E-state index contributed by atoms with van der Waals surface area (Å²) in [5.41, 5.74) is 1.47. The molecule has 1 amide bonds. The molecule has 92 valence electrons.